The van der Waals surface area contributed by atoms with Gasteiger partial charge in [-0.1, -0.05) is 218 Å². The van der Waals surface area contributed by atoms with E-state index in [-0.39, 0.29) is 19.4 Å². The van der Waals surface area contributed by atoms with Gasteiger partial charge in [0.1, 0.15) is 18.8 Å². The molecular formula is C55H105O11P. The quantitative estimate of drug-likeness (QED) is 0.0198. The van der Waals surface area contributed by atoms with Gasteiger partial charge in [-0.3, -0.25) is 18.6 Å². The highest BCUT2D eigenvalue weighted by Gasteiger charge is 2.28. The number of hydrogen-bond acceptors (Lipinski definition) is 10. The maximum Gasteiger partial charge on any atom is 0.472 e. The molecule has 0 aliphatic heterocycles. The van der Waals surface area contributed by atoms with Crippen molar-refractivity contribution in [2.75, 3.05) is 26.4 Å². The molecular weight excluding hydrogens is 868 g/mol. The Morgan fingerprint density at radius 2 is 0.746 bits per heavy atom. The monoisotopic (exact) mass is 973 g/mol. The van der Waals surface area contributed by atoms with Crippen LogP contribution in [0.25, 0.3) is 0 Å². The summed E-state index contributed by atoms with van der Waals surface area (Å²) in [6.07, 6.45) is 52.1. The van der Waals surface area contributed by atoms with E-state index >= 15 is 0 Å². The van der Waals surface area contributed by atoms with Crippen molar-refractivity contribution in [3.05, 3.63) is 24.3 Å². The summed E-state index contributed by atoms with van der Waals surface area (Å²) in [6, 6.07) is 0. The van der Waals surface area contributed by atoms with Gasteiger partial charge in [0.15, 0.2) is 6.10 Å². The first-order valence-corrected chi connectivity index (χ1v) is 29.4. The molecule has 0 amide bonds. The van der Waals surface area contributed by atoms with Gasteiger partial charge in [-0.15, -0.1) is 0 Å². The SMILES string of the molecule is CCCCCCCCCCCCCC=CCCCCCCCCC(=O)OC[C@H](COP(=O)(O)OC[C@@H](O)[C@H](O)CO)OC(=O)CCCCCCCCC=CCCCCCCCCCCCCC. The number of ether oxygens (including phenoxy) is 2. The van der Waals surface area contributed by atoms with Crippen LogP contribution >= 0.6 is 7.82 Å². The molecule has 0 rings (SSSR count). The Bertz CT molecular complexity index is 1180. The second-order valence-electron chi connectivity index (χ2n) is 19.1. The van der Waals surface area contributed by atoms with E-state index < -0.39 is 57.9 Å². The van der Waals surface area contributed by atoms with Crippen LogP contribution in [-0.4, -0.2) is 76.9 Å². The van der Waals surface area contributed by atoms with Crippen LogP contribution in [0.4, 0.5) is 0 Å². The predicted octanol–water partition coefficient (Wildman–Crippen LogP) is 15.0. The molecule has 0 aliphatic rings. The lowest BCUT2D eigenvalue weighted by Crippen LogP contribution is -2.33. The lowest BCUT2D eigenvalue weighted by atomic mass is 10.0. The molecule has 0 saturated carbocycles. The van der Waals surface area contributed by atoms with Crippen LogP contribution in [-0.2, 0) is 32.7 Å². The number of aliphatic hydroxyl groups is 3. The lowest BCUT2D eigenvalue weighted by molar-refractivity contribution is -0.161. The van der Waals surface area contributed by atoms with Gasteiger partial charge in [-0.05, 0) is 64.2 Å². The second-order valence-corrected chi connectivity index (χ2v) is 20.5. The molecule has 0 heterocycles. The van der Waals surface area contributed by atoms with Crippen molar-refractivity contribution in [2.45, 2.75) is 289 Å². The number of hydrogen-bond donors (Lipinski definition) is 4. The molecule has 0 spiro atoms. The Balaban J connectivity index is 4.26. The molecule has 0 fully saturated rings. The van der Waals surface area contributed by atoms with Crippen LogP contribution in [0, 0.1) is 0 Å². The zero-order valence-electron chi connectivity index (χ0n) is 43.2. The number of phosphoric acid groups is 1. The largest absolute Gasteiger partial charge is 0.472 e. The van der Waals surface area contributed by atoms with Gasteiger partial charge in [0.2, 0.25) is 0 Å². The van der Waals surface area contributed by atoms with E-state index in [2.05, 4.69) is 38.2 Å². The zero-order chi connectivity index (χ0) is 49.2. The molecule has 11 nitrogen and oxygen atoms in total. The number of esters is 2. The summed E-state index contributed by atoms with van der Waals surface area (Å²) < 4.78 is 33.1. The number of carbonyl (C=O) groups excluding carboxylic acids is 2. The van der Waals surface area contributed by atoms with E-state index in [1.165, 1.54) is 161 Å². The molecule has 0 aromatic carbocycles. The number of phosphoric ester groups is 1. The number of rotatable bonds is 53. The highest BCUT2D eigenvalue weighted by atomic mass is 31.2. The van der Waals surface area contributed by atoms with E-state index in [1.807, 2.05) is 0 Å². The van der Waals surface area contributed by atoms with Gasteiger partial charge in [-0.2, -0.15) is 0 Å². The fourth-order valence-corrected chi connectivity index (χ4v) is 8.81. The number of aliphatic hydroxyl groups excluding tert-OH is 3. The fourth-order valence-electron chi connectivity index (χ4n) is 8.04. The van der Waals surface area contributed by atoms with Gasteiger partial charge in [0, 0.05) is 12.8 Å². The van der Waals surface area contributed by atoms with E-state index in [0.717, 1.165) is 70.6 Å². The van der Waals surface area contributed by atoms with Crippen LogP contribution in [0.5, 0.6) is 0 Å². The van der Waals surface area contributed by atoms with Crippen molar-refractivity contribution in [1.82, 2.24) is 0 Å². The molecule has 1 unspecified atom stereocenters. The molecule has 67 heavy (non-hydrogen) atoms. The maximum atomic E-state index is 12.7. The summed E-state index contributed by atoms with van der Waals surface area (Å²) >= 11 is 0. The Hall–Kier alpha value is -1.59. The first-order chi connectivity index (χ1) is 32.6. The summed E-state index contributed by atoms with van der Waals surface area (Å²) in [5, 5.41) is 28.2. The average Bonchev–Trinajstić information content (AvgIpc) is 3.32. The predicted molar refractivity (Wildman–Crippen MR) is 276 cm³/mol. The minimum Gasteiger partial charge on any atom is -0.462 e. The third-order valence-electron chi connectivity index (χ3n) is 12.5. The summed E-state index contributed by atoms with van der Waals surface area (Å²) in [6.45, 7) is 2.06. The molecule has 4 atom stereocenters. The van der Waals surface area contributed by atoms with Gasteiger partial charge in [0.05, 0.1) is 19.8 Å². The van der Waals surface area contributed by atoms with Gasteiger partial charge >= 0.3 is 19.8 Å². The Labute approximate surface area is 411 Å². The molecule has 0 saturated heterocycles. The highest BCUT2D eigenvalue weighted by Crippen LogP contribution is 2.43. The third kappa shape index (κ3) is 49.2. The second kappa shape index (κ2) is 50.8. The third-order valence-corrected chi connectivity index (χ3v) is 13.4. The molecule has 0 aromatic heterocycles. The van der Waals surface area contributed by atoms with Crippen molar-refractivity contribution in [3.63, 3.8) is 0 Å². The van der Waals surface area contributed by atoms with Gasteiger partial charge < -0.3 is 29.7 Å². The zero-order valence-corrected chi connectivity index (χ0v) is 44.1. The summed E-state index contributed by atoms with van der Waals surface area (Å²) in [4.78, 5) is 35.4. The minimum atomic E-state index is -4.74. The van der Waals surface area contributed by atoms with E-state index in [9.17, 15) is 29.3 Å². The van der Waals surface area contributed by atoms with Crippen LogP contribution in [0.2, 0.25) is 0 Å². The van der Waals surface area contributed by atoms with Gasteiger partial charge in [-0.25, -0.2) is 4.57 Å². The number of allylic oxidation sites excluding steroid dienone is 4. The average molecular weight is 973 g/mol. The van der Waals surface area contributed by atoms with Crippen molar-refractivity contribution >= 4 is 19.8 Å². The normalized spacial score (nSPS) is 14.2. The van der Waals surface area contributed by atoms with Crippen molar-refractivity contribution < 1.29 is 52.9 Å². The summed E-state index contributed by atoms with van der Waals surface area (Å²) in [5.74, 6) is -0.976. The molecule has 396 valence electrons. The van der Waals surface area contributed by atoms with Crippen molar-refractivity contribution in [3.8, 4) is 0 Å². The van der Waals surface area contributed by atoms with Gasteiger partial charge in [0.25, 0.3) is 0 Å². The molecule has 0 bridgehead atoms. The van der Waals surface area contributed by atoms with Crippen LogP contribution in [0.1, 0.15) is 271 Å². The smallest absolute Gasteiger partial charge is 0.462 e. The number of unbranched alkanes of at least 4 members (excludes halogenated alkanes) is 34. The first-order valence-electron chi connectivity index (χ1n) is 27.9. The standard InChI is InChI=1S/C55H105O11P/c1-3-5-7-9-11-13-15-17-19-21-23-25-27-29-31-33-35-37-39-41-43-45-54(59)63-48-51(49-64-67(61,62)65-50-53(58)52(57)47-56)66-55(60)46-44-42-40-38-36-34-32-30-28-26-24-22-20-18-16-14-12-10-8-6-4-2/h27-30,51-53,56-58H,3-26,31-50H2,1-2H3,(H,61,62)/t51-,52-,53-/m1/s1. The van der Waals surface area contributed by atoms with Crippen LogP contribution in [0.15, 0.2) is 24.3 Å². The lowest BCUT2D eigenvalue weighted by Gasteiger charge is -2.21. The fraction of sp³-hybridized carbons (Fsp3) is 0.891. The highest BCUT2D eigenvalue weighted by molar-refractivity contribution is 7.47. The number of carbonyl (C=O) groups is 2. The molecule has 12 heteroatoms. The maximum absolute atomic E-state index is 12.7. The van der Waals surface area contributed by atoms with Crippen LogP contribution in [0.3, 0.4) is 0 Å². The Morgan fingerprint density at radius 3 is 1.10 bits per heavy atom. The summed E-state index contributed by atoms with van der Waals surface area (Å²) in [5.41, 5.74) is 0. The molecule has 0 aromatic rings. The molecule has 4 N–H and O–H groups in total. The first kappa shape index (κ1) is 65.4. The Kier molecular flexibility index (Phi) is 49.6. The van der Waals surface area contributed by atoms with Crippen molar-refractivity contribution in [1.29, 1.82) is 0 Å². The van der Waals surface area contributed by atoms with E-state index in [0.29, 0.717) is 12.8 Å². The summed E-state index contributed by atoms with van der Waals surface area (Å²) in [7, 11) is -4.74. The Morgan fingerprint density at radius 1 is 0.433 bits per heavy atom. The van der Waals surface area contributed by atoms with E-state index in [1.54, 1.807) is 0 Å². The molecule has 0 aliphatic carbocycles. The minimum absolute atomic E-state index is 0.153. The van der Waals surface area contributed by atoms with Crippen molar-refractivity contribution in [2.24, 2.45) is 0 Å². The van der Waals surface area contributed by atoms with E-state index in [4.69, 9.17) is 23.6 Å². The topological polar surface area (TPSA) is 169 Å². The molecule has 0 radical (unpaired) electrons. The van der Waals surface area contributed by atoms with Crippen LogP contribution < -0.4 is 0 Å².